The van der Waals surface area contributed by atoms with Crippen molar-refractivity contribution in [3.05, 3.63) is 72.7 Å². The number of likely N-dealkylation sites (tertiary alicyclic amines) is 1. The van der Waals surface area contributed by atoms with E-state index in [1.807, 2.05) is 17.2 Å². The van der Waals surface area contributed by atoms with E-state index in [1.54, 1.807) is 6.08 Å². The van der Waals surface area contributed by atoms with Gasteiger partial charge in [-0.05, 0) is 101 Å². The normalized spacial score (nSPS) is 22.1. The predicted octanol–water partition coefficient (Wildman–Crippen LogP) is 5.92. The highest BCUT2D eigenvalue weighted by Gasteiger charge is 2.36. The second kappa shape index (κ2) is 10.9. The fourth-order valence-corrected chi connectivity index (χ4v) is 7.54. The van der Waals surface area contributed by atoms with Crippen LogP contribution in [0.3, 0.4) is 0 Å². The summed E-state index contributed by atoms with van der Waals surface area (Å²) in [5, 5.41) is 10.8. The van der Waals surface area contributed by atoms with Gasteiger partial charge in [0, 0.05) is 52.1 Å². The standard InChI is InChI=1S/C27H29Br2ClN4O3/c28-19-11-18-2-1-17-12-20(30)13-21(29)24(17)25(26(18)32-14-19)16-4-6-33(7-5-16)22(35)9-15-3-8-34(27(31)37)23(36)10-15/h10-16,25,36H,1-9H2,(H2,31,37)/t15?,25-/m1/s1. The van der Waals surface area contributed by atoms with Gasteiger partial charge in [0.15, 0.2) is 5.88 Å². The van der Waals surface area contributed by atoms with Gasteiger partial charge < -0.3 is 15.7 Å². The summed E-state index contributed by atoms with van der Waals surface area (Å²) < 4.78 is 2.00. The molecule has 0 radical (unpaired) electrons. The molecule has 7 nitrogen and oxygen atoms in total. The lowest BCUT2D eigenvalue weighted by atomic mass is 9.76. The molecule has 1 aromatic heterocycles. The molecule has 10 heteroatoms. The van der Waals surface area contributed by atoms with E-state index in [0.29, 0.717) is 38.4 Å². The minimum Gasteiger partial charge on any atom is -0.495 e. The molecule has 3 N–H and O–H groups in total. The molecule has 3 heterocycles. The number of amides is 3. The number of benzene rings is 1. The van der Waals surface area contributed by atoms with Crippen LogP contribution in [0.1, 0.15) is 54.0 Å². The summed E-state index contributed by atoms with van der Waals surface area (Å²) in [5.41, 5.74) is 10.2. The number of pyridine rings is 1. The Kier molecular flexibility index (Phi) is 7.84. The number of aliphatic hydroxyl groups is 1. The van der Waals surface area contributed by atoms with E-state index in [0.717, 1.165) is 50.2 Å². The van der Waals surface area contributed by atoms with Gasteiger partial charge in [0.2, 0.25) is 5.91 Å². The number of aliphatic hydroxyl groups excluding tert-OH is 1. The molecule has 1 aliphatic carbocycles. The van der Waals surface area contributed by atoms with Crippen molar-refractivity contribution in [3.63, 3.8) is 0 Å². The first-order valence-corrected chi connectivity index (χ1v) is 14.5. The van der Waals surface area contributed by atoms with Gasteiger partial charge in [0.25, 0.3) is 0 Å². The predicted molar refractivity (Wildman–Crippen MR) is 149 cm³/mol. The Hall–Kier alpha value is -2.10. The maximum atomic E-state index is 13.1. The summed E-state index contributed by atoms with van der Waals surface area (Å²) >= 11 is 13.8. The number of aryl methyl sites for hydroxylation is 2. The van der Waals surface area contributed by atoms with Gasteiger partial charge in [-0.2, -0.15) is 0 Å². The van der Waals surface area contributed by atoms with Gasteiger partial charge >= 0.3 is 6.03 Å². The van der Waals surface area contributed by atoms with E-state index in [-0.39, 0.29) is 23.6 Å². The minimum atomic E-state index is -0.682. The molecule has 2 aliphatic heterocycles. The van der Waals surface area contributed by atoms with Crippen molar-refractivity contribution >= 4 is 55.4 Å². The molecule has 2 aromatic rings. The van der Waals surface area contributed by atoms with Crippen molar-refractivity contribution in [2.75, 3.05) is 19.6 Å². The lowest BCUT2D eigenvalue weighted by molar-refractivity contribution is -0.133. The van der Waals surface area contributed by atoms with E-state index in [9.17, 15) is 14.7 Å². The Labute approximate surface area is 238 Å². The van der Waals surface area contributed by atoms with Crippen molar-refractivity contribution in [2.45, 2.75) is 44.4 Å². The Balaban J connectivity index is 1.33. The van der Waals surface area contributed by atoms with Crippen LogP contribution in [0.15, 0.2) is 45.3 Å². The highest BCUT2D eigenvalue weighted by atomic mass is 79.9. The summed E-state index contributed by atoms with van der Waals surface area (Å²) in [6.45, 7) is 1.69. The molecule has 5 rings (SSSR count). The van der Waals surface area contributed by atoms with Gasteiger partial charge in [-0.15, -0.1) is 0 Å². The molecular weight excluding hydrogens is 624 g/mol. The Morgan fingerprint density at radius 3 is 2.51 bits per heavy atom. The van der Waals surface area contributed by atoms with Crippen molar-refractivity contribution in [2.24, 2.45) is 17.6 Å². The molecule has 0 saturated carbocycles. The number of rotatable bonds is 3. The van der Waals surface area contributed by atoms with E-state index in [1.165, 1.54) is 16.7 Å². The number of aromatic nitrogens is 1. The van der Waals surface area contributed by atoms with E-state index >= 15 is 0 Å². The first-order valence-electron chi connectivity index (χ1n) is 12.6. The zero-order valence-electron chi connectivity index (χ0n) is 20.3. The average Bonchev–Trinajstić information content (AvgIpc) is 3.00. The Morgan fingerprint density at radius 2 is 1.81 bits per heavy atom. The fraction of sp³-hybridized carbons (Fsp3) is 0.444. The summed E-state index contributed by atoms with van der Waals surface area (Å²) in [4.78, 5) is 32.5. The average molecular weight is 653 g/mol. The number of carbonyl (C=O) groups is 2. The van der Waals surface area contributed by atoms with Crippen molar-refractivity contribution < 1.29 is 14.7 Å². The monoisotopic (exact) mass is 650 g/mol. The number of allylic oxidation sites excluding steroid dienone is 1. The number of halogens is 3. The van der Waals surface area contributed by atoms with Crippen LogP contribution in [0.5, 0.6) is 0 Å². The molecule has 3 amide bonds. The number of hydrogen-bond donors (Lipinski definition) is 2. The number of fused-ring (bicyclic) bond motifs is 2. The molecule has 0 spiro atoms. The smallest absolute Gasteiger partial charge is 0.321 e. The second-order valence-corrected chi connectivity index (χ2v) is 12.3. The number of primary amides is 1. The number of hydrogen-bond acceptors (Lipinski definition) is 4. The second-order valence-electron chi connectivity index (χ2n) is 10.1. The highest BCUT2D eigenvalue weighted by Crippen LogP contribution is 2.46. The molecule has 1 aromatic carbocycles. The van der Waals surface area contributed by atoms with Gasteiger partial charge in [0.05, 0.1) is 5.69 Å². The lowest BCUT2D eigenvalue weighted by Gasteiger charge is -2.37. The summed E-state index contributed by atoms with van der Waals surface area (Å²) in [5.74, 6) is 0.281. The first-order chi connectivity index (χ1) is 17.7. The minimum absolute atomic E-state index is 0.0803. The third-order valence-electron chi connectivity index (χ3n) is 7.87. The Bertz CT molecular complexity index is 1260. The van der Waals surface area contributed by atoms with Crippen LogP contribution in [0.2, 0.25) is 5.02 Å². The number of piperidine rings is 1. The van der Waals surface area contributed by atoms with Crippen LogP contribution in [0.4, 0.5) is 4.79 Å². The van der Waals surface area contributed by atoms with E-state index in [4.69, 9.17) is 22.3 Å². The molecule has 3 aliphatic rings. The zero-order chi connectivity index (χ0) is 26.3. The molecule has 196 valence electrons. The summed E-state index contributed by atoms with van der Waals surface area (Å²) in [7, 11) is 0. The molecule has 2 atom stereocenters. The third-order valence-corrected chi connectivity index (χ3v) is 9.18. The maximum Gasteiger partial charge on any atom is 0.321 e. The number of nitrogens with two attached hydrogens (primary N) is 1. The van der Waals surface area contributed by atoms with E-state index < -0.39 is 6.03 Å². The van der Waals surface area contributed by atoms with Crippen LogP contribution < -0.4 is 5.73 Å². The molecule has 1 fully saturated rings. The molecule has 37 heavy (non-hydrogen) atoms. The molecule has 1 unspecified atom stereocenters. The Morgan fingerprint density at radius 1 is 1.08 bits per heavy atom. The molecular formula is C27H29Br2ClN4O3. The fourth-order valence-electron chi connectivity index (χ4n) is 6.04. The topological polar surface area (TPSA) is 99.8 Å². The molecule has 0 bridgehead atoms. The van der Waals surface area contributed by atoms with Gasteiger partial charge in [-0.3, -0.25) is 14.7 Å². The highest BCUT2D eigenvalue weighted by molar-refractivity contribution is 9.10. The lowest BCUT2D eigenvalue weighted by Crippen LogP contribution is -2.42. The van der Waals surface area contributed by atoms with Crippen LogP contribution >= 0.6 is 43.5 Å². The summed E-state index contributed by atoms with van der Waals surface area (Å²) in [6, 6.07) is 5.56. The maximum absolute atomic E-state index is 13.1. The zero-order valence-corrected chi connectivity index (χ0v) is 24.2. The van der Waals surface area contributed by atoms with Crippen molar-refractivity contribution in [1.82, 2.24) is 14.8 Å². The number of nitrogens with zero attached hydrogens (tertiary/aromatic N) is 3. The van der Waals surface area contributed by atoms with Crippen LogP contribution in [-0.4, -0.2) is 51.5 Å². The van der Waals surface area contributed by atoms with Crippen molar-refractivity contribution in [3.8, 4) is 0 Å². The van der Waals surface area contributed by atoms with E-state index in [2.05, 4.69) is 44.0 Å². The van der Waals surface area contributed by atoms with Crippen LogP contribution in [-0.2, 0) is 17.6 Å². The number of urea groups is 1. The van der Waals surface area contributed by atoms with Crippen LogP contribution in [0, 0.1) is 11.8 Å². The van der Waals surface area contributed by atoms with Crippen LogP contribution in [0.25, 0.3) is 0 Å². The van der Waals surface area contributed by atoms with Gasteiger partial charge in [-0.1, -0.05) is 27.5 Å². The summed E-state index contributed by atoms with van der Waals surface area (Å²) in [6.07, 6.45) is 7.94. The quantitative estimate of drug-likeness (QED) is 0.430. The first kappa shape index (κ1) is 26.5. The van der Waals surface area contributed by atoms with Gasteiger partial charge in [0.1, 0.15) is 0 Å². The third kappa shape index (κ3) is 5.54. The van der Waals surface area contributed by atoms with Crippen molar-refractivity contribution in [1.29, 1.82) is 0 Å². The SMILES string of the molecule is NC(=O)N1CCC(CC(=O)N2CCC([C@H]3c4ncc(Br)cc4CCc4cc(Cl)cc(Br)c43)CC2)C=C1O. The van der Waals surface area contributed by atoms with Gasteiger partial charge in [-0.25, -0.2) is 4.79 Å². The number of carbonyl (C=O) groups excluding carboxylic acids is 2. The molecule has 1 saturated heterocycles. The largest absolute Gasteiger partial charge is 0.495 e.